The monoisotopic (exact) mass is 280 g/mol. The van der Waals surface area contributed by atoms with Crippen LogP contribution in [0.4, 0.5) is 0 Å². The van der Waals surface area contributed by atoms with Gasteiger partial charge in [0.15, 0.2) is 0 Å². The van der Waals surface area contributed by atoms with Crippen LogP contribution in [0.3, 0.4) is 0 Å². The topological polar surface area (TPSA) is 66.4 Å². The number of aliphatic hydroxyl groups excluding tert-OH is 1. The van der Waals surface area contributed by atoms with E-state index in [4.69, 9.17) is 23.7 Å². The molecule has 7 heteroatoms. The number of ether oxygens (including phenoxy) is 5. The molecule has 0 amide bonds. The van der Waals surface area contributed by atoms with E-state index < -0.39 is 35.3 Å². The van der Waals surface area contributed by atoms with Gasteiger partial charge in [-0.05, 0) is 13.8 Å². The summed E-state index contributed by atoms with van der Waals surface area (Å²) in [6.07, 6.45) is -1.87. The first kappa shape index (κ1) is 14.5. The lowest BCUT2D eigenvalue weighted by Gasteiger charge is -2.54. The van der Waals surface area contributed by atoms with E-state index >= 15 is 0 Å². The average Bonchev–Trinajstić information content (AvgIpc) is 2.37. The molecule has 0 aromatic rings. The molecule has 0 radical (unpaired) electrons. The zero-order valence-corrected chi connectivity index (χ0v) is 11.8. The number of rotatable bonds is 2. The van der Waals surface area contributed by atoms with Gasteiger partial charge in [-0.2, -0.15) is 0 Å². The highest BCUT2D eigenvalue weighted by Crippen LogP contribution is 2.42. The van der Waals surface area contributed by atoms with Gasteiger partial charge in [0.1, 0.15) is 23.7 Å². The Hall–Kier alpha value is 0.110. The van der Waals surface area contributed by atoms with E-state index in [9.17, 15) is 5.11 Å². The Morgan fingerprint density at radius 2 is 1.72 bits per heavy atom. The molecule has 2 aliphatic rings. The molecule has 0 saturated carbocycles. The van der Waals surface area contributed by atoms with E-state index in [0.29, 0.717) is 0 Å². The number of aliphatic hydroxyl groups is 1. The number of thiol groups is 1. The normalized spacial score (nSPS) is 53.0. The van der Waals surface area contributed by atoms with Crippen LogP contribution in [0, 0.1) is 0 Å². The second-order valence-electron chi connectivity index (χ2n) is 4.75. The van der Waals surface area contributed by atoms with Crippen molar-refractivity contribution >= 4 is 12.6 Å². The molecule has 18 heavy (non-hydrogen) atoms. The third kappa shape index (κ3) is 2.07. The summed E-state index contributed by atoms with van der Waals surface area (Å²) in [5, 5.41) is 10.0. The summed E-state index contributed by atoms with van der Waals surface area (Å²) in [6, 6.07) is 0. The lowest BCUT2D eigenvalue weighted by molar-refractivity contribution is -0.463. The van der Waals surface area contributed by atoms with E-state index in [2.05, 4.69) is 12.6 Å². The Balaban J connectivity index is 2.25. The molecule has 2 fully saturated rings. The number of hydrogen-bond acceptors (Lipinski definition) is 7. The maximum atomic E-state index is 10.0. The van der Waals surface area contributed by atoms with Gasteiger partial charge < -0.3 is 28.8 Å². The van der Waals surface area contributed by atoms with Gasteiger partial charge in [0.25, 0.3) is 0 Å². The lowest BCUT2D eigenvalue weighted by atomic mass is 9.99. The highest BCUT2D eigenvalue weighted by molar-refractivity contribution is 7.80. The Labute approximate surface area is 112 Å². The minimum atomic E-state index is -1.12. The molecule has 2 saturated heterocycles. The fourth-order valence-electron chi connectivity index (χ4n) is 2.25. The average molecular weight is 280 g/mol. The molecule has 1 N–H and O–H groups in total. The maximum absolute atomic E-state index is 10.0. The molecule has 106 valence electrons. The Morgan fingerprint density at radius 3 is 2.28 bits per heavy atom. The van der Waals surface area contributed by atoms with E-state index in [-0.39, 0.29) is 6.61 Å². The number of fused-ring (bicyclic) bond motifs is 1. The van der Waals surface area contributed by atoms with E-state index in [0.717, 1.165) is 0 Å². The SMILES string of the molecule is COC1(C)O[C@@H]2[C@@H](O)[C@H](S)OC[C@H]2OC1(C)OC. The first-order valence-corrected chi connectivity index (χ1v) is 6.32. The molecule has 0 aromatic heterocycles. The Bertz CT molecular complexity index is 316. The summed E-state index contributed by atoms with van der Waals surface area (Å²) >= 11 is 4.15. The van der Waals surface area contributed by atoms with Crippen LogP contribution >= 0.6 is 12.6 Å². The lowest BCUT2D eigenvalue weighted by Crippen LogP contribution is -2.70. The van der Waals surface area contributed by atoms with Crippen LogP contribution in [-0.2, 0) is 23.7 Å². The number of methoxy groups -OCH3 is 2. The van der Waals surface area contributed by atoms with Gasteiger partial charge in [0, 0.05) is 14.2 Å². The third-order valence-electron chi connectivity index (χ3n) is 3.77. The van der Waals surface area contributed by atoms with Gasteiger partial charge >= 0.3 is 0 Å². The van der Waals surface area contributed by atoms with Gasteiger partial charge in [0.2, 0.25) is 11.6 Å². The summed E-state index contributed by atoms with van der Waals surface area (Å²) in [5.74, 6) is -2.19. The van der Waals surface area contributed by atoms with E-state index in [1.807, 2.05) is 0 Å². The minimum absolute atomic E-state index is 0.286. The Morgan fingerprint density at radius 1 is 1.17 bits per heavy atom. The van der Waals surface area contributed by atoms with Gasteiger partial charge in [0.05, 0.1) is 6.61 Å². The number of hydrogen-bond donors (Lipinski definition) is 2. The van der Waals surface area contributed by atoms with Crippen LogP contribution in [0.2, 0.25) is 0 Å². The van der Waals surface area contributed by atoms with Crippen molar-refractivity contribution < 1.29 is 28.8 Å². The van der Waals surface area contributed by atoms with Crippen LogP contribution in [0.1, 0.15) is 13.8 Å². The first-order valence-electron chi connectivity index (χ1n) is 5.80. The zero-order chi connectivity index (χ0) is 13.6. The fourth-order valence-corrected chi connectivity index (χ4v) is 2.50. The van der Waals surface area contributed by atoms with Crippen LogP contribution < -0.4 is 0 Å². The van der Waals surface area contributed by atoms with Gasteiger partial charge in [-0.15, -0.1) is 12.6 Å². The van der Waals surface area contributed by atoms with Crippen molar-refractivity contribution in [3.05, 3.63) is 0 Å². The van der Waals surface area contributed by atoms with Crippen molar-refractivity contribution in [2.45, 2.75) is 49.2 Å². The molecule has 2 heterocycles. The largest absolute Gasteiger partial charge is 0.387 e. The van der Waals surface area contributed by atoms with E-state index in [1.54, 1.807) is 13.8 Å². The van der Waals surface area contributed by atoms with Gasteiger partial charge in [-0.3, -0.25) is 0 Å². The Kier molecular flexibility index (Phi) is 3.95. The molecule has 6 atom stereocenters. The summed E-state index contributed by atoms with van der Waals surface area (Å²) in [6.45, 7) is 3.73. The van der Waals surface area contributed by atoms with Crippen molar-refractivity contribution in [1.82, 2.24) is 0 Å². The molecule has 0 aliphatic carbocycles. The molecule has 0 aromatic carbocycles. The molecule has 2 aliphatic heterocycles. The second-order valence-corrected chi connectivity index (χ2v) is 5.26. The van der Waals surface area contributed by atoms with Crippen LogP contribution in [0.5, 0.6) is 0 Å². The second kappa shape index (κ2) is 4.90. The molecule has 0 spiro atoms. The smallest absolute Gasteiger partial charge is 0.220 e. The summed E-state index contributed by atoms with van der Waals surface area (Å²) < 4.78 is 27.8. The maximum Gasteiger partial charge on any atom is 0.220 e. The molecular weight excluding hydrogens is 260 g/mol. The predicted octanol–water partition coefficient (Wildman–Crippen LogP) is 0.143. The van der Waals surface area contributed by atoms with Crippen molar-refractivity contribution in [3.63, 3.8) is 0 Å². The highest BCUT2D eigenvalue weighted by Gasteiger charge is 2.59. The summed E-state index contributed by atoms with van der Waals surface area (Å²) in [5.41, 5.74) is -0.595. The van der Waals surface area contributed by atoms with Crippen LogP contribution in [0.25, 0.3) is 0 Å². The van der Waals surface area contributed by atoms with Crippen molar-refractivity contribution in [2.75, 3.05) is 20.8 Å². The molecule has 2 unspecified atom stereocenters. The van der Waals surface area contributed by atoms with Crippen LogP contribution in [0.15, 0.2) is 0 Å². The quantitative estimate of drug-likeness (QED) is 0.702. The third-order valence-corrected chi connectivity index (χ3v) is 4.22. The van der Waals surface area contributed by atoms with Crippen molar-refractivity contribution in [1.29, 1.82) is 0 Å². The zero-order valence-electron chi connectivity index (χ0n) is 11.0. The first-order chi connectivity index (χ1) is 8.37. The van der Waals surface area contributed by atoms with Crippen molar-refractivity contribution in [3.8, 4) is 0 Å². The van der Waals surface area contributed by atoms with Gasteiger partial charge in [-0.1, -0.05) is 0 Å². The fraction of sp³-hybridized carbons (Fsp3) is 1.00. The van der Waals surface area contributed by atoms with E-state index in [1.165, 1.54) is 14.2 Å². The molecule has 6 nitrogen and oxygen atoms in total. The summed E-state index contributed by atoms with van der Waals surface area (Å²) in [4.78, 5) is 0. The predicted molar refractivity (Wildman–Crippen MR) is 65.3 cm³/mol. The summed E-state index contributed by atoms with van der Waals surface area (Å²) in [7, 11) is 3.02. The standard InChI is InChI=1S/C11H20O6S/c1-10(13-3)11(2,14-4)17-8-6(16-10)5-15-9(18)7(8)12/h6-9,12,18H,5H2,1-4H3/t6-,7-,8+,9+,10?,11?/m1/s1. The van der Waals surface area contributed by atoms with Crippen molar-refractivity contribution in [2.24, 2.45) is 0 Å². The molecule has 0 bridgehead atoms. The van der Waals surface area contributed by atoms with Crippen LogP contribution in [-0.4, -0.2) is 61.3 Å². The molecule has 2 rings (SSSR count). The molecular formula is C11H20O6S. The minimum Gasteiger partial charge on any atom is -0.387 e. The van der Waals surface area contributed by atoms with Gasteiger partial charge in [-0.25, -0.2) is 0 Å². The highest BCUT2D eigenvalue weighted by atomic mass is 32.1.